The average Bonchev–Trinajstić information content (AvgIpc) is 2.75. The molecule has 0 saturated heterocycles. The monoisotopic (exact) mass is 314 g/mol. The minimum absolute atomic E-state index is 0.138. The molecule has 1 heterocycles. The molecule has 1 atom stereocenters. The first-order chi connectivity index (χ1) is 8.22. The van der Waals surface area contributed by atoms with E-state index in [2.05, 4.69) is 25.4 Å². The Bertz CT molecular complexity index is 557. The molecular formula is C9H8AsClN4O2. The number of hydrogen-bond donors (Lipinski definition) is 2. The Morgan fingerprint density at radius 1 is 1.41 bits per heavy atom. The number of halogens is 1. The second kappa shape index (κ2) is 5.21. The molecule has 2 aromatic rings. The van der Waals surface area contributed by atoms with Crippen molar-refractivity contribution in [2.24, 2.45) is 5.16 Å². The molecule has 8 heteroatoms. The summed E-state index contributed by atoms with van der Waals surface area (Å²) in [6, 6.07) is 7.08. The number of rotatable bonds is 2. The summed E-state index contributed by atoms with van der Waals surface area (Å²) >= 11 is 7.18. The average molecular weight is 315 g/mol. The standard InChI is InChI=1S/C9H8AsClN4O2/c10-8-7(14-17-15-8)9(13-16)12-6-4-2-1-3-5(6)11/h1-4,16H,10H2,(H,12,13). The fraction of sp³-hybridized carbons (Fsp3) is 0. The van der Waals surface area contributed by atoms with Gasteiger partial charge in [-0.05, 0) is 0 Å². The van der Waals surface area contributed by atoms with E-state index in [0.29, 0.717) is 20.9 Å². The van der Waals surface area contributed by atoms with E-state index in [1.54, 1.807) is 24.3 Å². The summed E-state index contributed by atoms with van der Waals surface area (Å²) in [4.78, 5) is 0. The first-order valence-electron chi connectivity index (χ1n) is 4.54. The van der Waals surface area contributed by atoms with Crippen molar-refractivity contribution >= 4 is 44.5 Å². The molecule has 0 bridgehead atoms. The Morgan fingerprint density at radius 3 is 2.76 bits per heavy atom. The number of nitrogens with one attached hydrogen (secondary N) is 1. The molecule has 1 aromatic carbocycles. The number of anilines is 1. The first kappa shape index (κ1) is 11.9. The van der Waals surface area contributed by atoms with E-state index < -0.39 is 0 Å². The van der Waals surface area contributed by atoms with Crippen LogP contribution in [0.15, 0.2) is 34.1 Å². The van der Waals surface area contributed by atoms with Crippen molar-refractivity contribution in [1.82, 2.24) is 10.3 Å². The number of aromatic nitrogens is 2. The van der Waals surface area contributed by atoms with Crippen molar-refractivity contribution in [2.45, 2.75) is 0 Å². The van der Waals surface area contributed by atoms with Crippen molar-refractivity contribution in [1.29, 1.82) is 0 Å². The van der Waals surface area contributed by atoms with Crippen LogP contribution < -0.4 is 9.80 Å². The van der Waals surface area contributed by atoms with Crippen LogP contribution in [0.2, 0.25) is 5.02 Å². The molecule has 2 N–H and O–H groups in total. The molecule has 1 unspecified atom stereocenters. The van der Waals surface area contributed by atoms with Gasteiger partial charge in [-0.15, -0.1) is 0 Å². The topological polar surface area (TPSA) is 83.5 Å². The molecule has 6 nitrogen and oxygen atoms in total. The van der Waals surface area contributed by atoms with Crippen LogP contribution in [0.4, 0.5) is 5.69 Å². The van der Waals surface area contributed by atoms with E-state index in [1.165, 1.54) is 16.9 Å². The van der Waals surface area contributed by atoms with Gasteiger partial charge in [-0.25, -0.2) is 0 Å². The van der Waals surface area contributed by atoms with Crippen LogP contribution in [0, 0.1) is 0 Å². The predicted molar refractivity (Wildman–Crippen MR) is 65.9 cm³/mol. The number of benzene rings is 1. The molecule has 2 rings (SSSR count). The number of amidine groups is 1. The van der Waals surface area contributed by atoms with Gasteiger partial charge in [0.05, 0.1) is 0 Å². The van der Waals surface area contributed by atoms with Crippen LogP contribution in [0.5, 0.6) is 0 Å². The summed E-state index contributed by atoms with van der Waals surface area (Å²) in [6.45, 7) is 0. The van der Waals surface area contributed by atoms with Crippen molar-refractivity contribution < 1.29 is 9.84 Å². The van der Waals surface area contributed by atoms with E-state index in [0.717, 1.165) is 0 Å². The number of para-hydroxylation sites is 1. The molecule has 0 aliphatic carbocycles. The van der Waals surface area contributed by atoms with E-state index in [9.17, 15) is 0 Å². The van der Waals surface area contributed by atoms with Gasteiger partial charge in [0.25, 0.3) is 0 Å². The Labute approximate surface area is 110 Å². The van der Waals surface area contributed by atoms with Crippen molar-refractivity contribution in [3.05, 3.63) is 35.0 Å². The van der Waals surface area contributed by atoms with E-state index in [-0.39, 0.29) is 5.84 Å². The van der Waals surface area contributed by atoms with Gasteiger partial charge >= 0.3 is 110 Å². The summed E-state index contributed by atoms with van der Waals surface area (Å²) in [5.74, 6) is 0.138. The van der Waals surface area contributed by atoms with Gasteiger partial charge in [-0.3, -0.25) is 0 Å². The zero-order valence-corrected chi connectivity index (χ0v) is 11.6. The van der Waals surface area contributed by atoms with Crippen LogP contribution in [0.25, 0.3) is 0 Å². The molecule has 0 fully saturated rings. The third kappa shape index (κ3) is 2.59. The zero-order valence-electron chi connectivity index (χ0n) is 8.46. The number of oxime groups is 1. The maximum absolute atomic E-state index is 8.95. The Morgan fingerprint density at radius 2 is 2.18 bits per heavy atom. The second-order valence-electron chi connectivity index (χ2n) is 3.05. The Kier molecular flexibility index (Phi) is 3.66. The first-order valence-corrected chi connectivity index (χ1v) is 6.13. The molecule has 0 aliphatic rings. The molecule has 0 spiro atoms. The van der Waals surface area contributed by atoms with Crippen molar-refractivity contribution in [3.8, 4) is 0 Å². The fourth-order valence-electron chi connectivity index (χ4n) is 1.18. The van der Waals surface area contributed by atoms with Gasteiger partial charge < -0.3 is 0 Å². The third-order valence-electron chi connectivity index (χ3n) is 1.97. The third-order valence-corrected chi connectivity index (χ3v) is 3.09. The summed E-state index contributed by atoms with van der Waals surface area (Å²) in [7, 11) is 0. The van der Waals surface area contributed by atoms with Crippen molar-refractivity contribution in [2.75, 3.05) is 5.32 Å². The van der Waals surface area contributed by atoms with Crippen LogP contribution in [-0.4, -0.2) is 38.2 Å². The Hall–Kier alpha value is -1.52. The molecule has 0 amide bonds. The van der Waals surface area contributed by atoms with Gasteiger partial charge in [0.1, 0.15) is 0 Å². The fourth-order valence-corrected chi connectivity index (χ4v) is 1.86. The SMILES string of the molecule is O/N=C(/Nc1ccccc1Cl)c1nonc1[AsH2]. The molecule has 0 saturated carbocycles. The van der Waals surface area contributed by atoms with Gasteiger partial charge in [-0.2, -0.15) is 0 Å². The van der Waals surface area contributed by atoms with Gasteiger partial charge in [0, 0.05) is 0 Å². The molecular weight excluding hydrogens is 306 g/mol. The summed E-state index contributed by atoms with van der Waals surface area (Å²) in [6.07, 6.45) is 0. The number of nitrogens with zero attached hydrogens (tertiary/aromatic N) is 3. The maximum atomic E-state index is 8.95. The minimum atomic E-state index is 0.138. The summed E-state index contributed by atoms with van der Waals surface area (Å²) < 4.78 is 5.12. The Balaban J connectivity index is 2.29. The van der Waals surface area contributed by atoms with Crippen molar-refractivity contribution in [3.63, 3.8) is 0 Å². The van der Waals surface area contributed by atoms with Crippen LogP contribution in [-0.2, 0) is 0 Å². The summed E-state index contributed by atoms with van der Waals surface area (Å²) in [5.41, 5.74) is 0.962. The second-order valence-corrected chi connectivity index (χ2v) is 4.61. The van der Waals surface area contributed by atoms with E-state index >= 15 is 0 Å². The zero-order chi connectivity index (χ0) is 12.3. The van der Waals surface area contributed by atoms with E-state index in [1.807, 2.05) is 0 Å². The predicted octanol–water partition coefficient (Wildman–Crippen LogP) is 0.229. The normalized spacial score (nSPS) is 11.5. The molecule has 17 heavy (non-hydrogen) atoms. The molecule has 1 aromatic heterocycles. The van der Waals surface area contributed by atoms with Gasteiger partial charge in [0.15, 0.2) is 0 Å². The van der Waals surface area contributed by atoms with Gasteiger partial charge in [-0.1, -0.05) is 0 Å². The molecule has 0 aliphatic heterocycles. The quantitative estimate of drug-likeness (QED) is 0.273. The molecule has 88 valence electrons. The summed E-state index contributed by atoms with van der Waals surface area (Å²) in [5, 5.41) is 22.7. The van der Waals surface area contributed by atoms with E-state index in [4.69, 9.17) is 16.8 Å². The number of hydrogen-bond acceptors (Lipinski definition) is 5. The van der Waals surface area contributed by atoms with Gasteiger partial charge in [0.2, 0.25) is 0 Å². The molecule has 0 radical (unpaired) electrons. The van der Waals surface area contributed by atoms with Crippen LogP contribution in [0.3, 0.4) is 0 Å². The van der Waals surface area contributed by atoms with Crippen LogP contribution >= 0.6 is 11.6 Å². The van der Waals surface area contributed by atoms with Crippen LogP contribution in [0.1, 0.15) is 5.69 Å².